The van der Waals surface area contributed by atoms with Crippen LogP contribution in [0, 0.1) is 0 Å². The summed E-state index contributed by atoms with van der Waals surface area (Å²) in [6.07, 6.45) is 16.2. The first-order valence-electron chi connectivity index (χ1n) is 9.07. The van der Waals surface area contributed by atoms with Gasteiger partial charge in [0, 0.05) is 12.4 Å². The molecular weight excluding hydrogens is 324 g/mol. The number of nitrogens with zero attached hydrogens (tertiary/aromatic N) is 6. The van der Waals surface area contributed by atoms with E-state index in [4.69, 9.17) is 0 Å². The maximum Gasteiger partial charge on any atom is 0.244 e. The molecule has 0 saturated carbocycles. The van der Waals surface area contributed by atoms with Crippen molar-refractivity contribution in [2.24, 2.45) is 0 Å². The number of hydrogen-bond acceptors (Lipinski definition) is 2. The molecule has 3 aromatic heterocycles. The van der Waals surface area contributed by atoms with Gasteiger partial charge in [0.15, 0.2) is 0 Å². The van der Waals surface area contributed by atoms with Crippen LogP contribution in [0.1, 0.15) is 52.9 Å². The molecule has 0 fully saturated rings. The molecule has 0 aliphatic carbocycles. The van der Waals surface area contributed by atoms with Crippen LogP contribution in [0.4, 0.5) is 0 Å². The zero-order valence-corrected chi connectivity index (χ0v) is 16.7. The van der Waals surface area contributed by atoms with Crippen molar-refractivity contribution in [1.82, 2.24) is 19.1 Å². The summed E-state index contributed by atoms with van der Waals surface area (Å²) in [5.41, 5.74) is 2.14. The van der Waals surface area contributed by atoms with Crippen LogP contribution in [-0.4, -0.2) is 19.1 Å². The average molecular weight is 355 g/mol. The van der Waals surface area contributed by atoms with E-state index in [1.54, 1.807) is 12.4 Å². The minimum Gasteiger partial charge on any atom is -0.253 e. The first-order valence-corrected chi connectivity index (χ1v) is 9.07. The van der Waals surface area contributed by atoms with Crippen molar-refractivity contribution in [2.45, 2.75) is 65.7 Å². The van der Waals surface area contributed by atoms with Crippen molar-refractivity contribution in [3.05, 3.63) is 61.2 Å². The van der Waals surface area contributed by atoms with Gasteiger partial charge in [-0.2, -0.15) is 0 Å². The molecule has 26 heavy (non-hydrogen) atoms. The zero-order valence-electron chi connectivity index (χ0n) is 16.7. The van der Waals surface area contributed by atoms with Crippen molar-refractivity contribution < 1.29 is 9.13 Å². The molecule has 0 radical (unpaired) electrons. The standard InChI is InChI=1S/C20H30N6/c1-19(2,3)25-11-9-23(15-25)13-17-18(22-8-7-21-17)14-24-10-12-26(16-24)20(4,5)6/h7-12,15-16H,13-14H2,1-6H3/q+2. The normalized spacial score (nSPS) is 12.5. The summed E-state index contributed by atoms with van der Waals surface area (Å²) in [5, 5.41) is 0. The third-order valence-corrected chi connectivity index (χ3v) is 4.46. The second kappa shape index (κ2) is 6.67. The first kappa shape index (κ1) is 18.3. The summed E-state index contributed by atoms with van der Waals surface area (Å²) in [7, 11) is 0. The van der Waals surface area contributed by atoms with Gasteiger partial charge in [0.25, 0.3) is 0 Å². The molecule has 0 saturated heterocycles. The van der Waals surface area contributed by atoms with Gasteiger partial charge in [0.2, 0.25) is 12.7 Å². The molecular formula is C20H30N6+2. The summed E-state index contributed by atoms with van der Waals surface area (Å²) in [6.45, 7) is 14.6. The van der Waals surface area contributed by atoms with Gasteiger partial charge in [-0.05, 0) is 41.5 Å². The molecule has 6 heteroatoms. The predicted molar refractivity (Wildman–Crippen MR) is 99.5 cm³/mol. The number of aromatic nitrogens is 6. The Morgan fingerprint density at radius 3 is 1.42 bits per heavy atom. The largest absolute Gasteiger partial charge is 0.253 e. The van der Waals surface area contributed by atoms with Crippen LogP contribution in [0.15, 0.2) is 49.8 Å². The highest BCUT2D eigenvalue weighted by Crippen LogP contribution is 2.12. The SMILES string of the molecule is CC(C)(C)n1cc[n+](Cc2nccnc2C[n+]2ccn(C(C)(C)C)c2)c1. The molecule has 138 valence electrons. The van der Waals surface area contributed by atoms with E-state index in [1.807, 2.05) is 0 Å². The Labute approximate surface area is 155 Å². The third kappa shape index (κ3) is 4.18. The van der Waals surface area contributed by atoms with E-state index in [0.717, 1.165) is 11.4 Å². The smallest absolute Gasteiger partial charge is 0.244 e. The molecule has 6 nitrogen and oxygen atoms in total. The highest BCUT2D eigenvalue weighted by Gasteiger charge is 2.21. The van der Waals surface area contributed by atoms with Crippen LogP contribution in [0.5, 0.6) is 0 Å². The Balaban J connectivity index is 1.80. The lowest BCUT2D eigenvalue weighted by Gasteiger charge is -2.13. The van der Waals surface area contributed by atoms with Crippen LogP contribution in [0.3, 0.4) is 0 Å². The highest BCUT2D eigenvalue weighted by atomic mass is 15.2. The lowest BCUT2D eigenvalue weighted by molar-refractivity contribution is -0.694. The van der Waals surface area contributed by atoms with Crippen LogP contribution in [0.2, 0.25) is 0 Å². The van der Waals surface area contributed by atoms with Crippen molar-refractivity contribution in [2.75, 3.05) is 0 Å². The first-order chi connectivity index (χ1) is 12.1. The maximum atomic E-state index is 4.58. The average Bonchev–Trinajstić information content (AvgIpc) is 3.17. The Morgan fingerprint density at radius 2 is 1.12 bits per heavy atom. The fourth-order valence-corrected chi connectivity index (χ4v) is 2.77. The summed E-state index contributed by atoms with van der Waals surface area (Å²) in [5.74, 6) is 0. The van der Waals surface area contributed by atoms with Crippen LogP contribution in [-0.2, 0) is 24.2 Å². The number of imidazole rings is 2. The van der Waals surface area contributed by atoms with Gasteiger partial charge in [-0.25, -0.2) is 18.3 Å². The van der Waals surface area contributed by atoms with E-state index in [1.165, 1.54) is 0 Å². The Hall–Kier alpha value is -2.50. The number of hydrogen-bond donors (Lipinski definition) is 0. The molecule has 0 unspecified atom stereocenters. The molecule has 0 spiro atoms. The predicted octanol–water partition coefficient (Wildman–Crippen LogP) is 2.26. The van der Waals surface area contributed by atoms with Crippen molar-refractivity contribution >= 4 is 0 Å². The van der Waals surface area contributed by atoms with Gasteiger partial charge in [-0.15, -0.1) is 0 Å². The maximum absolute atomic E-state index is 4.58. The molecule has 0 aliphatic heterocycles. The molecule has 3 aromatic rings. The molecule has 0 amide bonds. The van der Waals surface area contributed by atoms with Crippen LogP contribution in [0.25, 0.3) is 0 Å². The Bertz CT molecular complexity index is 803. The fourth-order valence-electron chi connectivity index (χ4n) is 2.77. The second-order valence-electron chi connectivity index (χ2n) is 8.78. The zero-order chi connectivity index (χ0) is 18.9. The van der Waals surface area contributed by atoms with Crippen LogP contribution >= 0.6 is 0 Å². The second-order valence-corrected chi connectivity index (χ2v) is 8.78. The topological polar surface area (TPSA) is 43.4 Å². The Morgan fingerprint density at radius 1 is 0.731 bits per heavy atom. The van der Waals surface area contributed by atoms with Gasteiger partial charge in [0.1, 0.15) is 60.3 Å². The molecule has 3 rings (SSSR count). The van der Waals surface area contributed by atoms with Gasteiger partial charge in [-0.1, -0.05) is 0 Å². The van der Waals surface area contributed by atoms with Crippen molar-refractivity contribution in [3.8, 4) is 0 Å². The van der Waals surface area contributed by atoms with E-state index in [-0.39, 0.29) is 11.1 Å². The van der Waals surface area contributed by atoms with E-state index >= 15 is 0 Å². The van der Waals surface area contributed by atoms with Gasteiger partial charge < -0.3 is 0 Å². The lowest BCUT2D eigenvalue weighted by atomic mass is 10.1. The van der Waals surface area contributed by atoms with E-state index in [9.17, 15) is 0 Å². The summed E-state index contributed by atoms with van der Waals surface area (Å²) in [4.78, 5) is 9.17. The Kier molecular flexibility index (Phi) is 4.69. The summed E-state index contributed by atoms with van der Waals surface area (Å²) >= 11 is 0. The van der Waals surface area contributed by atoms with Gasteiger partial charge in [-0.3, -0.25) is 9.97 Å². The monoisotopic (exact) mass is 354 g/mol. The van der Waals surface area contributed by atoms with Gasteiger partial charge in [0.05, 0.1) is 0 Å². The minimum absolute atomic E-state index is 0.0716. The summed E-state index contributed by atoms with van der Waals surface area (Å²) < 4.78 is 8.73. The quantitative estimate of drug-likeness (QED) is 0.675. The molecule has 0 aromatic carbocycles. The van der Waals surface area contributed by atoms with Crippen LogP contribution < -0.4 is 9.13 Å². The van der Waals surface area contributed by atoms with Gasteiger partial charge >= 0.3 is 0 Å². The molecule has 0 bridgehead atoms. The van der Waals surface area contributed by atoms with E-state index < -0.39 is 0 Å². The minimum atomic E-state index is 0.0716. The van der Waals surface area contributed by atoms with Crippen molar-refractivity contribution in [3.63, 3.8) is 0 Å². The highest BCUT2D eigenvalue weighted by molar-refractivity contribution is 5.08. The van der Waals surface area contributed by atoms with Crippen molar-refractivity contribution in [1.29, 1.82) is 0 Å². The fraction of sp³-hybridized carbons (Fsp3) is 0.500. The third-order valence-electron chi connectivity index (χ3n) is 4.46. The van der Waals surface area contributed by atoms with E-state index in [2.05, 4.69) is 107 Å². The lowest BCUT2D eigenvalue weighted by Crippen LogP contribution is -2.37. The molecule has 0 N–H and O–H groups in total. The summed E-state index contributed by atoms with van der Waals surface area (Å²) in [6, 6.07) is 0. The number of rotatable bonds is 4. The molecule has 3 heterocycles. The molecule has 0 atom stereocenters. The van der Waals surface area contributed by atoms with E-state index in [0.29, 0.717) is 13.1 Å². The molecule has 0 aliphatic rings.